The van der Waals surface area contributed by atoms with Crippen molar-refractivity contribution in [3.8, 4) is 0 Å². The van der Waals surface area contributed by atoms with Crippen molar-refractivity contribution in [3.05, 3.63) is 17.0 Å². The van der Waals surface area contributed by atoms with Crippen LogP contribution in [0, 0.1) is 6.92 Å². The van der Waals surface area contributed by atoms with Crippen molar-refractivity contribution in [2.24, 2.45) is 0 Å². The minimum Gasteiger partial charge on any atom is -0.443 e. The lowest BCUT2D eigenvalue weighted by molar-refractivity contribution is 0.0429. The van der Waals surface area contributed by atoms with E-state index in [1.807, 2.05) is 0 Å². The van der Waals surface area contributed by atoms with Gasteiger partial charge in [0.1, 0.15) is 22.2 Å². The van der Waals surface area contributed by atoms with Crippen LogP contribution in [0.1, 0.15) is 47.4 Å². The smallest absolute Gasteiger partial charge is 0.425 e. The third kappa shape index (κ3) is 6.40. The Bertz CT molecular complexity index is 557. The van der Waals surface area contributed by atoms with E-state index < -0.39 is 23.4 Å². The predicted octanol–water partition coefficient (Wildman–Crippen LogP) is 4.12. The van der Waals surface area contributed by atoms with E-state index >= 15 is 0 Å². The molecule has 0 unspecified atom stereocenters. The summed E-state index contributed by atoms with van der Waals surface area (Å²) in [6, 6.07) is 1.29. The van der Waals surface area contributed by atoms with Gasteiger partial charge in [0.2, 0.25) is 0 Å². The summed E-state index contributed by atoms with van der Waals surface area (Å²) >= 11 is 5.89. The molecular formula is C15H22ClN3O4. The monoisotopic (exact) mass is 343 g/mol. The summed E-state index contributed by atoms with van der Waals surface area (Å²) in [5, 5.41) is 0.101. The number of aryl methyl sites for hydroxylation is 1. The molecule has 1 rings (SSSR count). The number of halogens is 1. The number of hydrogen-bond donors (Lipinski definition) is 0. The van der Waals surface area contributed by atoms with Crippen LogP contribution in [0.5, 0.6) is 0 Å². The molecular weight excluding hydrogens is 322 g/mol. The van der Waals surface area contributed by atoms with E-state index in [-0.39, 0.29) is 11.0 Å². The standard InChI is InChI=1S/C15H22ClN3O4/c1-9-17-10(16)8-11(18-9)19(12(20)22-14(2,3)4)13(21)23-15(5,6)7/h8H,1-7H3. The molecule has 1 heterocycles. The van der Waals surface area contributed by atoms with Crippen LogP contribution in [-0.4, -0.2) is 33.4 Å². The molecule has 0 saturated carbocycles. The molecule has 0 aliphatic rings. The predicted molar refractivity (Wildman–Crippen MR) is 86.7 cm³/mol. The van der Waals surface area contributed by atoms with E-state index in [0.717, 1.165) is 0 Å². The fourth-order valence-corrected chi connectivity index (χ4v) is 1.73. The number of imide groups is 1. The van der Waals surface area contributed by atoms with Crippen LogP contribution >= 0.6 is 11.6 Å². The minimum atomic E-state index is -0.902. The Balaban J connectivity index is 3.25. The number of aromatic nitrogens is 2. The summed E-state index contributed by atoms with van der Waals surface area (Å²) < 4.78 is 10.5. The Morgan fingerprint density at radius 1 is 1.00 bits per heavy atom. The van der Waals surface area contributed by atoms with Gasteiger partial charge in [0, 0.05) is 6.07 Å². The highest BCUT2D eigenvalue weighted by molar-refractivity contribution is 6.29. The summed E-state index contributed by atoms with van der Waals surface area (Å²) in [7, 11) is 0. The number of amides is 2. The van der Waals surface area contributed by atoms with Crippen LogP contribution in [0.15, 0.2) is 6.07 Å². The van der Waals surface area contributed by atoms with Gasteiger partial charge in [-0.2, -0.15) is 4.90 Å². The van der Waals surface area contributed by atoms with E-state index in [9.17, 15) is 9.59 Å². The fraction of sp³-hybridized carbons (Fsp3) is 0.600. The van der Waals surface area contributed by atoms with E-state index in [4.69, 9.17) is 21.1 Å². The maximum Gasteiger partial charge on any atom is 0.425 e. The maximum absolute atomic E-state index is 12.4. The first kappa shape index (κ1) is 19.2. The summed E-state index contributed by atoms with van der Waals surface area (Å²) in [6.07, 6.45) is -1.80. The lowest BCUT2D eigenvalue weighted by Crippen LogP contribution is -2.44. The molecule has 0 bridgehead atoms. The van der Waals surface area contributed by atoms with Gasteiger partial charge in [-0.05, 0) is 48.5 Å². The Labute approximate surface area is 140 Å². The molecule has 0 spiro atoms. The maximum atomic E-state index is 12.4. The van der Waals surface area contributed by atoms with Gasteiger partial charge in [-0.25, -0.2) is 19.6 Å². The number of nitrogens with zero attached hydrogens (tertiary/aromatic N) is 3. The van der Waals surface area contributed by atoms with Gasteiger partial charge in [-0.3, -0.25) is 0 Å². The molecule has 0 aromatic carbocycles. The van der Waals surface area contributed by atoms with Gasteiger partial charge in [0.25, 0.3) is 0 Å². The molecule has 7 nitrogen and oxygen atoms in total. The van der Waals surface area contributed by atoms with Crippen molar-refractivity contribution in [1.29, 1.82) is 0 Å². The minimum absolute atomic E-state index is 0.00833. The highest BCUT2D eigenvalue weighted by Crippen LogP contribution is 2.22. The molecule has 23 heavy (non-hydrogen) atoms. The van der Waals surface area contributed by atoms with Crippen molar-refractivity contribution < 1.29 is 19.1 Å². The molecule has 8 heteroatoms. The number of carbonyl (C=O) groups is 2. The molecule has 0 N–H and O–H groups in total. The summed E-state index contributed by atoms with van der Waals surface area (Å²) in [4.78, 5) is 33.5. The first-order valence-corrected chi connectivity index (χ1v) is 7.43. The topological polar surface area (TPSA) is 81.6 Å². The second kappa shape index (κ2) is 6.70. The molecule has 0 aliphatic heterocycles. The highest BCUT2D eigenvalue weighted by Gasteiger charge is 2.33. The molecule has 0 radical (unpaired) electrons. The van der Waals surface area contributed by atoms with Crippen LogP contribution in [0.4, 0.5) is 15.4 Å². The molecule has 0 aliphatic carbocycles. The van der Waals surface area contributed by atoms with Gasteiger partial charge < -0.3 is 9.47 Å². The van der Waals surface area contributed by atoms with Crippen molar-refractivity contribution in [1.82, 2.24) is 9.97 Å². The Kier molecular flexibility index (Phi) is 5.58. The van der Waals surface area contributed by atoms with Gasteiger partial charge in [-0.15, -0.1) is 0 Å². The summed E-state index contributed by atoms with van der Waals surface area (Å²) in [5.41, 5.74) is -1.58. The second-order valence-corrected chi connectivity index (χ2v) is 7.28. The van der Waals surface area contributed by atoms with Crippen LogP contribution in [-0.2, 0) is 9.47 Å². The number of anilines is 1. The summed E-state index contributed by atoms with van der Waals surface area (Å²) in [6.45, 7) is 11.7. The Hall–Kier alpha value is -1.89. The average Bonchev–Trinajstić information content (AvgIpc) is 2.21. The molecule has 0 atom stereocenters. The first-order valence-electron chi connectivity index (χ1n) is 7.06. The van der Waals surface area contributed by atoms with Gasteiger partial charge in [0.15, 0.2) is 5.82 Å². The van der Waals surface area contributed by atoms with Crippen molar-refractivity contribution >= 4 is 29.6 Å². The van der Waals surface area contributed by atoms with E-state index in [1.165, 1.54) is 6.07 Å². The largest absolute Gasteiger partial charge is 0.443 e. The number of hydrogen-bond acceptors (Lipinski definition) is 6. The molecule has 0 fully saturated rings. The van der Waals surface area contributed by atoms with Gasteiger partial charge in [-0.1, -0.05) is 11.6 Å². The molecule has 0 saturated heterocycles. The molecule has 1 aromatic heterocycles. The molecule has 2 amide bonds. The second-order valence-electron chi connectivity index (χ2n) is 6.89. The third-order valence-electron chi connectivity index (χ3n) is 2.17. The summed E-state index contributed by atoms with van der Waals surface area (Å²) in [5.74, 6) is 0.301. The zero-order valence-electron chi connectivity index (χ0n) is 14.4. The normalized spacial score (nSPS) is 11.8. The van der Waals surface area contributed by atoms with E-state index in [2.05, 4.69) is 9.97 Å². The molecule has 128 valence electrons. The number of carbonyl (C=O) groups excluding carboxylic acids is 2. The quantitative estimate of drug-likeness (QED) is 0.713. The lowest BCUT2D eigenvalue weighted by Gasteiger charge is -2.28. The molecule has 1 aromatic rings. The van der Waals surface area contributed by atoms with Crippen LogP contribution in [0.25, 0.3) is 0 Å². The average molecular weight is 344 g/mol. The van der Waals surface area contributed by atoms with Crippen molar-refractivity contribution in [2.45, 2.75) is 59.7 Å². The Morgan fingerprint density at radius 2 is 1.43 bits per heavy atom. The first-order chi connectivity index (χ1) is 10.3. The zero-order chi connectivity index (χ0) is 18.0. The van der Waals surface area contributed by atoms with Crippen LogP contribution in [0.2, 0.25) is 5.15 Å². The number of ether oxygens (including phenoxy) is 2. The fourth-order valence-electron chi connectivity index (χ4n) is 1.51. The van der Waals surface area contributed by atoms with Crippen LogP contribution < -0.4 is 4.90 Å². The Morgan fingerprint density at radius 3 is 1.78 bits per heavy atom. The van der Waals surface area contributed by atoms with Gasteiger partial charge >= 0.3 is 12.2 Å². The van der Waals surface area contributed by atoms with Crippen molar-refractivity contribution in [2.75, 3.05) is 4.90 Å². The van der Waals surface area contributed by atoms with E-state index in [1.54, 1.807) is 48.5 Å². The highest BCUT2D eigenvalue weighted by atomic mass is 35.5. The van der Waals surface area contributed by atoms with Gasteiger partial charge in [0.05, 0.1) is 0 Å². The SMILES string of the molecule is Cc1nc(Cl)cc(N(C(=O)OC(C)(C)C)C(=O)OC(C)(C)C)n1. The van der Waals surface area contributed by atoms with Crippen molar-refractivity contribution in [3.63, 3.8) is 0 Å². The van der Waals surface area contributed by atoms with E-state index in [0.29, 0.717) is 10.7 Å². The number of rotatable bonds is 1. The zero-order valence-corrected chi connectivity index (χ0v) is 15.2. The third-order valence-corrected chi connectivity index (χ3v) is 2.37. The van der Waals surface area contributed by atoms with Crippen LogP contribution in [0.3, 0.4) is 0 Å². The lowest BCUT2D eigenvalue weighted by atomic mass is 10.2.